The first kappa shape index (κ1) is 15.8. The van der Waals surface area contributed by atoms with Crippen LogP contribution in [0.4, 0.5) is 4.39 Å². The van der Waals surface area contributed by atoms with Gasteiger partial charge >= 0.3 is 5.69 Å². The molecule has 0 saturated heterocycles. The number of nitrogens with zero attached hydrogens (tertiary/aromatic N) is 4. The molecule has 0 spiro atoms. The summed E-state index contributed by atoms with van der Waals surface area (Å²) in [6.07, 6.45) is 7.57. The van der Waals surface area contributed by atoms with Crippen LogP contribution in [0, 0.1) is 16.7 Å². The Hall–Kier alpha value is -2.68. The van der Waals surface area contributed by atoms with Crippen LogP contribution in [0.3, 0.4) is 0 Å². The fourth-order valence-corrected chi connectivity index (χ4v) is 3.64. The lowest BCUT2D eigenvalue weighted by atomic mass is 9.89. The Morgan fingerprint density at radius 1 is 1.48 bits per heavy atom. The van der Waals surface area contributed by atoms with Crippen LogP contribution < -0.4 is 16.4 Å². The molecule has 2 aliphatic carbocycles. The molecule has 1 fully saturated rings. The van der Waals surface area contributed by atoms with Crippen LogP contribution in [0.5, 0.6) is 0 Å². The van der Waals surface area contributed by atoms with Crippen LogP contribution in [0.15, 0.2) is 23.3 Å². The zero-order chi connectivity index (χ0) is 17.8. The summed E-state index contributed by atoms with van der Waals surface area (Å²) in [5, 5.41) is 10.3. The van der Waals surface area contributed by atoms with E-state index >= 15 is 4.39 Å². The van der Waals surface area contributed by atoms with Crippen LogP contribution >= 0.6 is 0 Å². The molecule has 0 aliphatic heterocycles. The third-order valence-corrected chi connectivity index (χ3v) is 5.46. The van der Waals surface area contributed by atoms with E-state index in [0.29, 0.717) is 34.8 Å². The van der Waals surface area contributed by atoms with Gasteiger partial charge in [0, 0.05) is 31.9 Å². The first-order valence-electron chi connectivity index (χ1n) is 8.44. The Balaban J connectivity index is 1.91. The van der Waals surface area contributed by atoms with Gasteiger partial charge < -0.3 is 0 Å². The quantitative estimate of drug-likeness (QED) is 0.847. The number of hydrogen-bond acceptors (Lipinski definition) is 3. The van der Waals surface area contributed by atoms with Gasteiger partial charge in [0.05, 0.1) is 10.9 Å². The van der Waals surface area contributed by atoms with Crippen molar-refractivity contribution in [3.63, 3.8) is 0 Å². The minimum Gasteiger partial charge on any atom is -0.293 e. The summed E-state index contributed by atoms with van der Waals surface area (Å²) < 4.78 is 18.4. The minimum atomic E-state index is -0.553. The summed E-state index contributed by atoms with van der Waals surface area (Å²) in [5.41, 5.74) is 0.959. The van der Waals surface area contributed by atoms with E-state index in [-0.39, 0.29) is 16.9 Å². The number of rotatable bonds is 3. The van der Waals surface area contributed by atoms with Gasteiger partial charge in [0.25, 0.3) is 0 Å². The molecule has 0 amide bonds. The van der Waals surface area contributed by atoms with Gasteiger partial charge in [-0.2, -0.15) is 5.26 Å². The van der Waals surface area contributed by atoms with Gasteiger partial charge in [0.1, 0.15) is 17.2 Å². The predicted octanol–water partition coefficient (Wildman–Crippen LogP) is 1.30. The highest BCUT2D eigenvalue weighted by molar-refractivity contribution is 5.56. The minimum absolute atomic E-state index is 0.152. The van der Waals surface area contributed by atoms with Gasteiger partial charge in [0.15, 0.2) is 0 Å². The summed E-state index contributed by atoms with van der Waals surface area (Å²) in [6, 6.07) is 3.76. The topological polar surface area (TPSA) is 63.6 Å². The third-order valence-electron chi connectivity index (χ3n) is 5.46. The lowest BCUT2D eigenvalue weighted by Crippen LogP contribution is -2.38. The van der Waals surface area contributed by atoms with Crippen molar-refractivity contribution in [1.82, 2.24) is 14.1 Å². The highest BCUT2D eigenvalue weighted by atomic mass is 19.1. The molecule has 0 bridgehead atoms. The molecular formula is C19H19FN4O. The molecule has 0 N–H and O–H groups in total. The van der Waals surface area contributed by atoms with Crippen molar-refractivity contribution in [3.05, 3.63) is 50.8 Å². The maximum absolute atomic E-state index is 15.3. The monoisotopic (exact) mass is 338 g/mol. The molecule has 2 aromatic rings. The number of halogens is 1. The van der Waals surface area contributed by atoms with E-state index in [1.165, 1.54) is 10.8 Å². The normalized spacial score (nSPS) is 20.6. The van der Waals surface area contributed by atoms with E-state index in [2.05, 4.69) is 18.0 Å². The van der Waals surface area contributed by atoms with Crippen molar-refractivity contribution in [3.8, 4) is 6.07 Å². The smallest absolute Gasteiger partial charge is 0.293 e. The molecule has 2 aromatic heterocycles. The Bertz CT molecular complexity index is 1080. The molecule has 25 heavy (non-hydrogen) atoms. The number of imidazole rings is 1. The van der Waals surface area contributed by atoms with E-state index in [9.17, 15) is 10.1 Å². The van der Waals surface area contributed by atoms with Crippen molar-refractivity contribution >= 4 is 11.9 Å². The zero-order valence-electron chi connectivity index (χ0n) is 14.3. The lowest BCUT2D eigenvalue weighted by molar-refractivity contribution is 0.445. The van der Waals surface area contributed by atoms with Gasteiger partial charge in [-0.3, -0.25) is 14.1 Å². The van der Waals surface area contributed by atoms with E-state index in [0.717, 1.165) is 12.8 Å². The molecular weight excluding hydrogens is 319 g/mol. The SMILES string of the molecule is Cn1c2c(n(CC3(C)CC3)c1=O)=CCC(c1ccncc1C#N)C=2F. The zero-order valence-corrected chi connectivity index (χ0v) is 14.3. The molecule has 4 rings (SSSR count). The summed E-state index contributed by atoms with van der Waals surface area (Å²) in [5.74, 6) is -0.900. The second kappa shape index (κ2) is 5.41. The molecule has 2 aliphatic rings. The second-order valence-electron chi connectivity index (χ2n) is 7.39. The number of aromatic nitrogens is 3. The maximum Gasteiger partial charge on any atom is 0.328 e. The van der Waals surface area contributed by atoms with Crippen LogP contribution in [0.1, 0.15) is 43.2 Å². The van der Waals surface area contributed by atoms with Crippen molar-refractivity contribution in [2.24, 2.45) is 12.5 Å². The van der Waals surface area contributed by atoms with E-state index in [1.807, 2.05) is 6.08 Å². The van der Waals surface area contributed by atoms with Gasteiger partial charge in [-0.05, 0) is 36.3 Å². The van der Waals surface area contributed by atoms with Crippen molar-refractivity contribution in [2.75, 3.05) is 0 Å². The van der Waals surface area contributed by atoms with Gasteiger partial charge in [-0.1, -0.05) is 13.0 Å². The number of fused-ring (bicyclic) bond motifs is 1. The molecule has 2 heterocycles. The highest BCUT2D eigenvalue weighted by Crippen LogP contribution is 2.45. The summed E-state index contributed by atoms with van der Waals surface area (Å²) >= 11 is 0. The summed E-state index contributed by atoms with van der Waals surface area (Å²) in [7, 11) is 1.61. The molecule has 1 saturated carbocycles. The van der Waals surface area contributed by atoms with Crippen LogP contribution in [0.2, 0.25) is 0 Å². The fraction of sp³-hybridized carbons (Fsp3) is 0.421. The van der Waals surface area contributed by atoms with Crippen LogP contribution in [-0.4, -0.2) is 14.1 Å². The standard InChI is InChI=1S/C19H19FN4O/c1-19(6-7-19)11-24-15-4-3-14(13-5-8-22-10-12(13)9-21)16(20)17(15)23(2)18(24)25/h4-5,8,10,14H,3,6-7,11H2,1-2H3. The average Bonchev–Trinajstić information content (AvgIpc) is 3.30. The van der Waals surface area contributed by atoms with Crippen LogP contribution in [0.25, 0.3) is 11.9 Å². The highest BCUT2D eigenvalue weighted by Gasteiger charge is 2.38. The second-order valence-corrected chi connectivity index (χ2v) is 7.39. The summed E-state index contributed by atoms with van der Waals surface area (Å²) in [6.45, 7) is 2.78. The Morgan fingerprint density at radius 2 is 2.24 bits per heavy atom. The Labute approximate surface area is 144 Å². The number of nitriles is 1. The van der Waals surface area contributed by atoms with Crippen LogP contribution in [-0.2, 0) is 13.6 Å². The third kappa shape index (κ3) is 2.42. The summed E-state index contributed by atoms with van der Waals surface area (Å²) in [4.78, 5) is 16.6. The first-order valence-corrected chi connectivity index (χ1v) is 8.44. The molecule has 1 atom stereocenters. The molecule has 1 unspecified atom stereocenters. The average molecular weight is 338 g/mol. The molecule has 6 heteroatoms. The maximum atomic E-state index is 15.3. The molecule has 0 radical (unpaired) electrons. The van der Waals surface area contributed by atoms with E-state index < -0.39 is 5.92 Å². The van der Waals surface area contributed by atoms with Gasteiger partial charge in [0.2, 0.25) is 0 Å². The largest absolute Gasteiger partial charge is 0.328 e. The van der Waals surface area contributed by atoms with Crippen molar-refractivity contribution in [2.45, 2.75) is 38.6 Å². The molecule has 5 nitrogen and oxygen atoms in total. The number of hydrogen-bond donors (Lipinski definition) is 0. The molecule has 128 valence electrons. The van der Waals surface area contributed by atoms with E-state index in [4.69, 9.17) is 0 Å². The molecule has 0 aromatic carbocycles. The van der Waals surface area contributed by atoms with Crippen molar-refractivity contribution in [1.29, 1.82) is 5.26 Å². The van der Waals surface area contributed by atoms with Gasteiger partial charge in [-0.25, -0.2) is 9.18 Å². The Morgan fingerprint density at radius 3 is 2.92 bits per heavy atom. The van der Waals surface area contributed by atoms with Crippen molar-refractivity contribution < 1.29 is 4.39 Å². The first-order chi connectivity index (χ1) is 11.9. The number of pyridine rings is 1. The lowest BCUT2D eigenvalue weighted by Gasteiger charge is -2.18. The fourth-order valence-electron chi connectivity index (χ4n) is 3.64. The predicted molar refractivity (Wildman–Crippen MR) is 91.6 cm³/mol. The Kier molecular flexibility index (Phi) is 3.43. The van der Waals surface area contributed by atoms with E-state index in [1.54, 1.807) is 23.9 Å². The van der Waals surface area contributed by atoms with Gasteiger partial charge in [-0.15, -0.1) is 0 Å².